The van der Waals surface area contributed by atoms with Crippen molar-refractivity contribution in [2.45, 2.75) is 14.7 Å². The first-order valence-electron chi connectivity index (χ1n) is 9.97. The summed E-state index contributed by atoms with van der Waals surface area (Å²) in [6, 6.07) is 27.7. The highest BCUT2D eigenvalue weighted by Crippen LogP contribution is 2.28. The van der Waals surface area contributed by atoms with Gasteiger partial charge in [0.25, 0.3) is 5.91 Å². The van der Waals surface area contributed by atoms with Gasteiger partial charge in [-0.15, -0.1) is 0 Å². The standard InChI is InChI=1S/C25H21N3O3S2/c1-33(31,21-9-3-2-4-10-21)24-13-6-5-11-22(24)28-32(30)20-16-14-19(15-17-20)27-25(29)23-12-7-8-18-26-23/h2-18,28H,1H2,(H,27,29). The van der Waals surface area contributed by atoms with Gasteiger partial charge in [-0.05, 0) is 66.5 Å². The number of benzene rings is 3. The van der Waals surface area contributed by atoms with Crippen LogP contribution >= 0.6 is 0 Å². The van der Waals surface area contributed by atoms with Gasteiger partial charge in [-0.3, -0.25) is 18.7 Å². The normalized spacial score (nSPS) is 13.5. The van der Waals surface area contributed by atoms with E-state index in [1.165, 1.54) is 0 Å². The Labute approximate surface area is 195 Å². The van der Waals surface area contributed by atoms with E-state index in [1.54, 1.807) is 85.1 Å². The highest BCUT2D eigenvalue weighted by Gasteiger charge is 2.17. The largest absolute Gasteiger partial charge is 0.321 e. The first-order valence-corrected chi connectivity index (χ1v) is 12.8. The third-order valence-electron chi connectivity index (χ3n) is 4.79. The van der Waals surface area contributed by atoms with Crippen molar-refractivity contribution in [1.29, 1.82) is 0 Å². The van der Waals surface area contributed by atoms with Crippen LogP contribution < -0.4 is 10.0 Å². The number of rotatable bonds is 7. The zero-order valence-electron chi connectivity index (χ0n) is 17.5. The van der Waals surface area contributed by atoms with Crippen molar-refractivity contribution in [1.82, 2.24) is 4.98 Å². The number of amides is 1. The molecule has 8 heteroatoms. The van der Waals surface area contributed by atoms with Crippen LogP contribution in [0, 0.1) is 0 Å². The lowest BCUT2D eigenvalue weighted by Crippen LogP contribution is -2.13. The molecule has 0 bridgehead atoms. The molecule has 1 aromatic heterocycles. The molecule has 0 radical (unpaired) electrons. The molecule has 4 rings (SSSR count). The second-order valence-corrected chi connectivity index (χ2v) is 10.5. The molecule has 0 aliphatic carbocycles. The van der Waals surface area contributed by atoms with Crippen LogP contribution in [0.1, 0.15) is 10.5 Å². The fraction of sp³-hybridized carbons (Fsp3) is 0. The van der Waals surface area contributed by atoms with Crippen molar-refractivity contribution in [2.24, 2.45) is 0 Å². The van der Waals surface area contributed by atoms with E-state index >= 15 is 0 Å². The molecule has 0 saturated carbocycles. The smallest absolute Gasteiger partial charge is 0.274 e. The molecule has 0 aliphatic heterocycles. The monoisotopic (exact) mass is 475 g/mol. The van der Waals surface area contributed by atoms with Crippen LogP contribution in [-0.4, -0.2) is 25.2 Å². The zero-order chi connectivity index (χ0) is 23.3. The van der Waals surface area contributed by atoms with Crippen LogP contribution in [0.25, 0.3) is 0 Å². The Kier molecular flexibility index (Phi) is 6.67. The summed E-state index contributed by atoms with van der Waals surface area (Å²) in [7, 11) is -4.42. The molecule has 33 heavy (non-hydrogen) atoms. The zero-order valence-corrected chi connectivity index (χ0v) is 19.1. The van der Waals surface area contributed by atoms with Gasteiger partial charge in [0.15, 0.2) is 0 Å². The van der Waals surface area contributed by atoms with Crippen LogP contribution in [-0.2, 0) is 20.5 Å². The fourth-order valence-electron chi connectivity index (χ4n) is 3.12. The number of aromatic nitrogens is 1. The van der Waals surface area contributed by atoms with Crippen LogP contribution in [0.3, 0.4) is 0 Å². The first-order chi connectivity index (χ1) is 15.9. The Balaban J connectivity index is 1.51. The third kappa shape index (κ3) is 5.19. The van der Waals surface area contributed by atoms with Gasteiger partial charge >= 0.3 is 0 Å². The molecule has 166 valence electrons. The van der Waals surface area contributed by atoms with E-state index in [9.17, 15) is 13.2 Å². The lowest BCUT2D eigenvalue weighted by atomic mass is 10.3. The number of nitrogens with zero attached hydrogens (tertiary/aromatic N) is 1. The van der Waals surface area contributed by atoms with E-state index in [-0.39, 0.29) is 5.91 Å². The van der Waals surface area contributed by atoms with Crippen LogP contribution in [0.5, 0.6) is 0 Å². The quantitative estimate of drug-likeness (QED) is 0.382. The van der Waals surface area contributed by atoms with Crippen LogP contribution in [0.2, 0.25) is 0 Å². The highest BCUT2D eigenvalue weighted by molar-refractivity contribution is 8.00. The minimum Gasteiger partial charge on any atom is -0.321 e. The SMILES string of the molecule is C=S(=O)(c1ccccc1)c1ccccc1NS(=O)c1ccc(NC(=O)c2ccccn2)cc1. The number of carbonyl (C=O) groups excluding carboxylic acids is 1. The molecular weight excluding hydrogens is 454 g/mol. The molecule has 2 N–H and O–H groups in total. The molecular formula is C25H21N3O3S2. The van der Waals surface area contributed by atoms with Crippen LogP contribution in [0.15, 0.2) is 118 Å². The molecule has 1 heterocycles. The van der Waals surface area contributed by atoms with Crippen molar-refractivity contribution in [3.63, 3.8) is 0 Å². The molecule has 0 spiro atoms. The summed E-state index contributed by atoms with van der Waals surface area (Å²) in [4.78, 5) is 17.8. The molecule has 0 fully saturated rings. The number of pyridine rings is 1. The predicted molar refractivity (Wildman–Crippen MR) is 133 cm³/mol. The number of nitrogens with one attached hydrogen (secondary N) is 2. The molecule has 1 amide bonds. The lowest BCUT2D eigenvalue weighted by Gasteiger charge is -2.15. The maximum absolute atomic E-state index is 13.5. The lowest BCUT2D eigenvalue weighted by molar-refractivity contribution is 0.102. The Morgan fingerprint density at radius 1 is 0.848 bits per heavy atom. The van der Waals surface area contributed by atoms with Gasteiger partial charge < -0.3 is 5.32 Å². The molecule has 3 aromatic carbocycles. The predicted octanol–water partition coefficient (Wildman–Crippen LogP) is 4.60. The van der Waals surface area contributed by atoms with Gasteiger partial charge in [0.1, 0.15) is 16.7 Å². The average molecular weight is 476 g/mol. The summed E-state index contributed by atoms with van der Waals surface area (Å²) in [5, 5.41) is 2.75. The Hall–Kier alpha value is -3.75. The van der Waals surface area contributed by atoms with Crippen molar-refractivity contribution in [3.05, 3.63) is 109 Å². The van der Waals surface area contributed by atoms with Crippen molar-refractivity contribution in [3.8, 4) is 0 Å². The van der Waals surface area contributed by atoms with Crippen molar-refractivity contribution in [2.75, 3.05) is 10.0 Å². The fourth-order valence-corrected chi connectivity index (χ4v) is 5.69. The Morgan fingerprint density at radius 2 is 1.52 bits per heavy atom. The third-order valence-corrected chi connectivity index (χ3v) is 8.00. The van der Waals surface area contributed by atoms with E-state index in [0.717, 1.165) is 0 Å². The molecule has 6 nitrogen and oxygen atoms in total. The second kappa shape index (κ2) is 9.81. The van der Waals surface area contributed by atoms with Gasteiger partial charge in [-0.2, -0.15) is 0 Å². The van der Waals surface area contributed by atoms with Gasteiger partial charge in [0.05, 0.1) is 15.5 Å². The van der Waals surface area contributed by atoms with E-state index in [1.807, 2.05) is 18.2 Å². The minimum atomic E-state index is -2.79. The number of hydrogen-bond donors (Lipinski definition) is 2. The van der Waals surface area contributed by atoms with Gasteiger partial charge in [0, 0.05) is 26.3 Å². The Bertz CT molecular complexity index is 1390. The molecule has 2 unspecified atom stereocenters. The number of para-hydroxylation sites is 1. The molecule has 4 aromatic rings. The average Bonchev–Trinajstić information content (AvgIpc) is 2.86. The summed E-state index contributed by atoms with van der Waals surface area (Å²) < 4.78 is 29.4. The van der Waals surface area contributed by atoms with Gasteiger partial charge in [-0.25, -0.2) is 4.21 Å². The van der Waals surface area contributed by atoms with Gasteiger partial charge in [-0.1, -0.05) is 36.4 Å². The number of anilines is 2. The maximum atomic E-state index is 13.5. The summed E-state index contributed by atoms with van der Waals surface area (Å²) in [5.74, 6) is 3.63. The Morgan fingerprint density at radius 3 is 2.21 bits per heavy atom. The molecule has 2 atom stereocenters. The van der Waals surface area contributed by atoms with E-state index < -0.39 is 20.5 Å². The van der Waals surface area contributed by atoms with Gasteiger partial charge in [0.2, 0.25) is 0 Å². The van der Waals surface area contributed by atoms with E-state index in [4.69, 9.17) is 0 Å². The topological polar surface area (TPSA) is 88.2 Å². The number of carbonyl (C=O) groups is 1. The summed E-state index contributed by atoms with van der Waals surface area (Å²) >= 11 is 0. The number of hydrogen-bond acceptors (Lipinski definition) is 4. The maximum Gasteiger partial charge on any atom is 0.274 e. The first kappa shape index (κ1) is 22.4. The molecule has 0 aliphatic rings. The highest BCUT2D eigenvalue weighted by atomic mass is 32.2. The van der Waals surface area contributed by atoms with Crippen molar-refractivity contribution < 1.29 is 13.2 Å². The molecule has 0 saturated heterocycles. The summed E-state index contributed by atoms with van der Waals surface area (Å²) in [5.41, 5.74) is 1.34. The van der Waals surface area contributed by atoms with Crippen molar-refractivity contribution >= 4 is 43.7 Å². The summed E-state index contributed by atoms with van der Waals surface area (Å²) in [6.07, 6.45) is 1.55. The summed E-state index contributed by atoms with van der Waals surface area (Å²) in [6.45, 7) is 0. The second-order valence-electron chi connectivity index (χ2n) is 7.05. The van der Waals surface area contributed by atoms with E-state index in [2.05, 4.69) is 20.9 Å². The minimum absolute atomic E-state index is 0.304. The van der Waals surface area contributed by atoms with E-state index in [0.29, 0.717) is 31.8 Å². The van der Waals surface area contributed by atoms with Crippen LogP contribution in [0.4, 0.5) is 11.4 Å².